The van der Waals surface area contributed by atoms with Crippen LogP contribution in [0.2, 0.25) is 0 Å². The van der Waals surface area contributed by atoms with Gasteiger partial charge < -0.3 is 61.3 Å². The van der Waals surface area contributed by atoms with E-state index in [4.69, 9.17) is 15.2 Å². The Morgan fingerprint density at radius 3 is 2.47 bits per heavy atom. The summed E-state index contributed by atoms with van der Waals surface area (Å²) in [5, 5.41) is 88.8. The van der Waals surface area contributed by atoms with Crippen molar-refractivity contribution in [1.82, 2.24) is 10.3 Å². The van der Waals surface area contributed by atoms with Crippen molar-refractivity contribution in [3.63, 3.8) is 0 Å². The lowest BCUT2D eigenvalue weighted by atomic mass is 9.39. The maximum absolute atomic E-state index is 13.3. The quantitative estimate of drug-likeness (QED) is 0.0407. The van der Waals surface area contributed by atoms with E-state index < -0.39 is 59.8 Å². The monoisotopic (exact) mass is 1240 g/mol. The minimum Gasteiger partial charge on any atom is -0.504 e. The van der Waals surface area contributed by atoms with Crippen LogP contribution in [-0.4, -0.2) is 115 Å². The SMILES string of the molecule is CCC1Cc2cc(O)c(OC3CC(Cc4ccc[nH]4)C4=CCNC(N)=C4CSSCC(CO)C3O)cc2C2CC(O)C3C(C#CC4(CC(O)CCC3OCCO)CC(c3ccccc3)C3Cc5ccccc5CC56CCCC5C=CC5CC(O)C4C3C56)C=C12. The molecule has 0 bridgehead atoms. The van der Waals surface area contributed by atoms with Gasteiger partial charge in [0.25, 0.3) is 0 Å². The van der Waals surface area contributed by atoms with Crippen LogP contribution >= 0.6 is 21.6 Å². The molecule has 1 saturated heterocycles. The lowest BCUT2D eigenvalue weighted by molar-refractivity contribution is -0.169. The van der Waals surface area contributed by atoms with Gasteiger partial charge >= 0.3 is 0 Å². The molecule has 10 aliphatic rings. The number of nitrogens with one attached hydrogen (secondary N) is 2. The Morgan fingerprint density at radius 1 is 0.820 bits per heavy atom. The second-order valence-corrected chi connectivity index (χ2v) is 31.1. The van der Waals surface area contributed by atoms with Crippen LogP contribution in [0, 0.1) is 87.8 Å². The van der Waals surface area contributed by atoms with Gasteiger partial charge in [0.1, 0.15) is 11.9 Å². The number of hydrogen-bond acceptors (Lipinski definition) is 13. The summed E-state index contributed by atoms with van der Waals surface area (Å²) < 4.78 is 13.8. The van der Waals surface area contributed by atoms with Crippen LogP contribution in [0.3, 0.4) is 0 Å². The number of benzene rings is 3. The largest absolute Gasteiger partial charge is 0.504 e. The number of aromatic hydroxyl groups is 1. The lowest BCUT2D eigenvalue weighted by Crippen LogP contribution is -2.63. The zero-order valence-electron chi connectivity index (χ0n) is 51.6. The molecule has 3 heterocycles. The fraction of sp³-hybridized carbons (Fsp3) is 0.573. The van der Waals surface area contributed by atoms with E-state index in [9.17, 15) is 35.7 Å². The Morgan fingerprint density at radius 2 is 1.66 bits per heavy atom. The van der Waals surface area contributed by atoms with Crippen LogP contribution in [-0.2, 0) is 30.4 Å². The van der Waals surface area contributed by atoms with E-state index in [2.05, 4.69) is 114 Å². The van der Waals surface area contributed by atoms with E-state index >= 15 is 0 Å². The number of ether oxygens (including phenoxy) is 2. The lowest BCUT2D eigenvalue weighted by Gasteiger charge is -2.65. The molecule has 2 aliphatic heterocycles. The van der Waals surface area contributed by atoms with Gasteiger partial charge in [-0.2, -0.15) is 0 Å². The summed E-state index contributed by atoms with van der Waals surface area (Å²) in [5.74, 6) is 9.74. The van der Waals surface area contributed by atoms with Crippen LogP contribution in [0.25, 0.3) is 0 Å². The topological polar surface area (TPSA) is 214 Å². The number of allylic oxidation sites excluding steroid dienone is 5. The van der Waals surface area contributed by atoms with Crippen molar-refractivity contribution in [2.45, 2.75) is 152 Å². The molecule has 4 fully saturated rings. The zero-order chi connectivity index (χ0) is 61.1. The molecule has 0 radical (unpaired) electrons. The molecular formula is C75H93N3O9S2. The number of H-pyrrole nitrogens is 1. The molecule has 12 nitrogen and oxygen atoms in total. The number of dihydropyridines is 1. The van der Waals surface area contributed by atoms with E-state index in [1.165, 1.54) is 41.5 Å². The number of fused-ring (bicyclic) bond motifs is 7. The first-order valence-electron chi connectivity index (χ1n) is 33.8. The molecule has 14 heteroatoms. The van der Waals surface area contributed by atoms with Crippen LogP contribution < -0.4 is 15.8 Å². The average Bonchev–Trinajstić information content (AvgIpc) is 1.60. The molecule has 11 N–H and O–H groups in total. The number of aliphatic hydroxyl groups excluding tert-OH is 6. The van der Waals surface area contributed by atoms with Crippen molar-refractivity contribution < 1.29 is 45.2 Å². The number of nitrogens with two attached hydrogens (primary N) is 1. The van der Waals surface area contributed by atoms with E-state index in [-0.39, 0.29) is 84.1 Å². The van der Waals surface area contributed by atoms with Gasteiger partial charge in [-0.25, -0.2) is 0 Å². The molecule has 89 heavy (non-hydrogen) atoms. The van der Waals surface area contributed by atoms with Gasteiger partial charge in [0, 0.05) is 77.1 Å². The van der Waals surface area contributed by atoms with E-state index in [1.54, 1.807) is 21.6 Å². The molecule has 3 saturated carbocycles. The smallest absolute Gasteiger partial charge is 0.161 e. The van der Waals surface area contributed by atoms with Crippen molar-refractivity contribution in [3.05, 3.63) is 165 Å². The predicted molar refractivity (Wildman–Crippen MR) is 351 cm³/mol. The summed E-state index contributed by atoms with van der Waals surface area (Å²) in [5.41, 5.74) is 16.6. The molecule has 0 amide bonds. The first kappa shape index (κ1) is 61.6. The number of phenols is 1. The van der Waals surface area contributed by atoms with Crippen LogP contribution in [0.5, 0.6) is 11.5 Å². The van der Waals surface area contributed by atoms with Crippen molar-refractivity contribution in [2.24, 2.45) is 81.7 Å². The highest BCUT2D eigenvalue weighted by Crippen LogP contribution is 2.71. The van der Waals surface area contributed by atoms with Gasteiger partial charge in [0.15, 0.2) is 11.5 Å². The highest BCUT2D eigenvalue weighted by molar-refractivity contribution is 8.76. The van der Waals surface area contributed by atoms with Gasteiger partial charge in [-0.15, -0.1) is 0 Å². The van der Waals surface area contributed by atoms with Crippen molar-refractivity contribution >= 4 is 21.6 Å². The van der Waals surface area contributed by atoms with Crippen LogP contribution in [0.1, 0.15) is 123 Å². The Labute approximate surface area is 534 Å². The summed E-state index contributed by atoms with van der Waals surface area (Å²) in [6.45, 7) is 2.45. The van der Waals surface area contributed by atoms with Crippen molar-refractivity contribution in [1.29, 1.82) is 0 Å². The summed E-state index contributed by atoms with van der Waals surface area (Å²) in [7, 11) is 3.26. The fourth-order valence-corrected chi connectivity index (χ4v) is 22.8. The third-order valence-corrected chi connectivity index (χ3v) is 26.5. The van der Waals surface area contributed by atoms with Crippen LogP contribution in [0.4, 0.5) is 0 Å². The van der Waals surface area contributed by atoms with E-state index in [0.717, 1.165) is 47.2 Å². The van der Waals surface area contributed by atoms with Gasteiger partial charge in [0.2, 0.25) is 0 Å². The number of phenolic OH excluding ortho intramolecular Hbond substituents is 1. The first-order valence-corrected chi connectivity index (χ1v) is 36.3. The van der Waals surface area contributed by atoms with E-state index in [0.29, 0.717) is 93.5 Å². The summed E-state index contributed by atoms with van der Waals surface area (Å²) in [6.07, 6.45) is 17.9. The molecule has 14 rings (SSSR count). The summed E-state index contributed by atoms with van der Waals surface area (Å²) in [6, 6.07) is 28.2. The maximum Gasteiger partial charge on any atom is 0.161 e. The normalized spacial score (nSPS) is 39.1. The minimum absolute atomic E-state index is 0.0211. The number of aromatic nitrogens is 1. The number of hydrogen-bond donors (Lipinski definition) is 10. The fourth-order valence-electron chi connectivity index (χ4n) is 20.3. The van der Waals surface area contributed by atoms with Gasteiger partial charge in [-0.1, -0.05) is 131 Å². The Balaban J connectivity index is 0.883. The third-order valence-electron chi connectivity index (χ3n) is 24.1. The number of aliphatic hydroxyl groups is 6. The standard InChI is InChI=1S/C75H93N3O9S2/c1-2-43-28-49-33-62(82)66(87-67-34-50(29-53-15-9-24-77-53)55-21-25-78-73(76)61(55)42-89-88-41-51(40-80)72(67)85)36-57(49)58-35-63(83)68-46(31-56(43)58)20-23-74(38-54(81)18-19-65(68)86-27-26-79)39-60(44-10-4-3-5-11-44)59-30-45-12-6-7-13-48(45)37-75-22-8-14-52(75)17-16-47-32-64(84)71(74)69(59)70(47)75/h3-7,9-13,15-17,21,24,31,33,36,43,46-47,50-52,54,58-60,63-65,67-72,77-85H,2,8,14,18-19,22,25-30,32,34-35,37-42,76H2,1H3. The predicted octanol–water partition coefficient (Wildman–Crippen LogP) is 10.5. The van der Waals surface area contributed by atoms with Gasteiger partial charge in [0.05, 0.1) is 43.7 Å². The first-order chi connectivity index (χ1) is 43.4. The van der Waals surface area contributed by atoms with Crippen molar-refractivity contribution in [2.75, 3.05) is 37.9 Å². The summed E-state index contributed by atoms with van der Waals surface area (Å²) >= 11 is 0. The molecule has 3 aromatic carbocycles. The van der Waals surface area contributed by atoms with Gasteiger partial charge in [-0.3, -0.25) is 0 Å². The second kappa shape index (κ2) is 25.9. The minimum atomic E-state index is -1.09. The molecule has 21 unspecified atom stereocenters. The zero-order valence-corrected chi connectivity index (χ0v) is 53.2. The number of rotatable bonds is 10. The van der Waals surface area contributed by atoms with Crippen molar-refractivity contribution in [3.8, 4) is 23.3 Å². The molecule has 21 atom stereocenters. The molecular weight excluding hydrogens is 1150 g/mol. The van der Waals surface area contributed by atoms with E-state index in [1.807, 2.05) is 24.4 Å². The molecule has 8 aliphatic carbocycles. The average molecular weight is 1240 g/mol. The third kappa shape index (κ3) is 11.5. The molecule has 2 spiro atoms. The highest BCUT2D eigenvalue weighted by Gasteiger charge is 2.67. The number of aromatic amines is 1. The Kier molecular flexibility index (Phi) is 17.9. The molecule has 474 valence electrons. The molecule has 4 aromatic rings. The highest BCUT2D eigenvalue weighted by atomic mass is 33.1. The van der Waals surface area contributed by atoms with Crippen LogP contribution in [0.15, 0.2) is 132 Å². The maximum atomic E-state index is 13.3. The summed E-state index contributed by atoms with van der Waals surface area (Å²) in [4.78, 5) is 3.40. The molecule has 1 aromatic heterocycles. The Hall–Kier alpha value is -4.92. The Bertz CT molecular complexity index is 3380. The van der Waals surface area contributed by atoms with Gasteiger partial charge in [-0.05, 0) is 200 Å². The second-order valence-electron chi connectivity index (χ2n) is 28.6.